The second kappa shape index (κ2) is 6.42. The van der Waals surface area contributed by atoms with Crippen LogP contribution >= 0.6 is 27.3 Å². The number of nitrogens with zero attached hydrogens (tertiary/aromatic N) is 3. The Labute approximate surface area is 155 Å². The molecule has 0 radical (unpaired) electrons. The summed E-state index contributed by atoms with van der Waals surface area (Å²) in [5.41, 5.74) is 1.58. The van der Waals surface area contributed by atoms with Crippen LogP contribution in [-0.2, 0) is 0 Å². The highest BCUT2D eigenvalue weighted by Crippen LogP contribution is 2.25. The molecule has 5 nitrogen and oxygen atoms in total. The Kier molecular flexibility index (Phi) is 4.10. The van der Waals surface area contributed by atoms with Crippen molar-refractivity contribution in [3.8, 4) is 17.1 Å². The Balaban J connectivity index is 1.82. The minimum absolute atomic E-state index is 0.173. The first kappa shape index (κ1) is 16.0. The molecule has 4 rings (SSSR count). The van der Waals surface area contributed by atoms with Crippen molar-refractivity contribution in [2.45, 2.75) is 0 Å². The van der Waals surface area contributed by atoms with Crippen molar-refractivity contribution in [1.82, 2.24) is 14.6 Å². The van der Waals surface area contributed by atoms with Crippen LogP contribution in [0.4, 0.5) is 0 Å². The number of fused-ring (bicyclic) bond motifs is 1. The Hall–Kier alpha value is -2.51. The zero-order valence-corrected chi connectivity index (χ0v) is 15.5. The Bertz CT molecular complexity index is 1180. The summed E-state index contributed by atoms with van der Waals surface area (Å²) in [5, 5.41) is 4.37. The smallest absolute Gasteiger partial charge is 0.291 e. The fourth-order valence-corrected chi connectivity index (χ4v) is 3.84. The van der Waals surface area contributed by atoms with Gasteiger partial charge in [-0.2, -0.15) is 9.50 Å². The second-order valence-electron chi connectivity index (χ2n) is 5.30. The van der Waals surface area contributed by atoms with Gasteiger partial charge in [-0.3, -0.25) is 4.79 Å². The average Bonchev–Trinajstić information content (AvgIpc) is 3.15. The van der Waals surface area contributed by atoms with Gasteiger partial charge in [-0.15, -0.1) is 5.10 Å². The minimum Gasteiger partial charge on any atom is -0.497 e. The highest BCUT2D eigenvalue weighted by Gasteiger charge is 2.13. The molecule has 0 aliphatic heterocycles. The van der Waals surface area contributed by atoms with Gasteiger partial charge in [-0.25, -0.2) is 0 Å². The first-order chi connectivity index (χ1) is 12.2. The fourth-order valence-electron chi connectivity index (χ4n) is 2.47. The molecular formula is C18H12BrN3O2S. The predicted molar refractivity (Wildman–Crippen MR) is 102 cm³/mol. The molecule has 124 valence electrons. The highest BCUT2D eigenvalue weighted by molar-refractivity contribution is 9.10. The SMILES string of the molecule is COc1cccc(C=c2sc3nc(-c4ccccc4Br)nn3c2=O)c1. The number of hydrogen-bond acceptors (Lipinski definition) is 5. The molecule has 0 bridgehead atoms. The molecule has 25 heavy (non-hydrogen) atoms. The van der Waals surface area contributed by atoms with Crippen LogP contribution in [0.2, 0.25) is 0 Å². The Morgan fingerprint density at radius 3 is 2.80 bits per heavy atom. The summed E-state index contributed by atoms with van der Waals surface area (Å²) >= 11 is 4.81. The van der Waals surface area contributed by atoms with Gasteiger partial charge in [0.1, 0.15) is 5.75 Å². The van der Waals surface area contributed by atoms with E-state index in [1.165, 1.54) is 15.9 Å². The molecule has 0 fully saturated rings. The van der Waals surface area contributed by atoms with Gasteiger partial charge in [0.2, 0.25) is 4.96 Å². The summed E-state index contributed by atoms with van der Waals surface area (Å²) in [6.07, 6.45) is 1.82. The fraction of sp³-hybridized carbons (Fsp3) is 0.0556. The summed E-state index contributed by atoms with van der Waals surface area (Å²) in [5.74, 6) is 1.28. The number of thiazole rings is 1. The molecule has 0 spiro atoms. The standard InChI is InChI=1S/C18H12BrN3O2S/c1-24-12-6-4-5-11(9-12)10-15-17(23)22-18(25-15)20-16(21-22)13-7-2-3-8-14(13)19/h2-10H,1H3. The molecule has 0 amide bonds. The average molecular weight is 414 g/mol. The minimum atomic E-state index is -0.173. The zero-order chi connectivity index (χ0) is 17.4. The van der Waals surface area contributed by atoms with Crippen LogP contribution in [0.15, 0.2) is 57.8 Å². The summed E-state index contributed by atoms with van der Waals surface area (Å²) in [6.45, 7) is 0. The normalized spacial score (nSPS) is 12.0. The third-order valence-electron chi connectivity index (χ3n) is 3.69. The van der Waals surface area contributed by atoms with Gasteiger partial charge in [0, 0.05) is 10.0 Å². The Morgan fingerprint density at radius 2 is 2.04 bits per heavy atom. The largest absolute Gasteiger partial charge is 0.497 e. The number of halogens is 1. The molecule has 0 aliphatic rings. The van der Waals surface area contributed by atoms with Gasteiger partial charge in [0.25, 0.3) is 5.56 Å². The van der Waals surface area contributed by atoms with Gasteiger partial charge in [-0.05, 0) is 35.9 Å². The molecule has 2 aromatic carbocycles. The van der Waals surface area contributed by atoms with Crippen LogP contribution in [0.5, 0.6) is 5.75 Å². The molecule has 0 saturated heterocycles. The molecule has 0 atom stereocenters. The van der Waals surface area contributed by atoms with E-state index in [9.17, 15) is 4.79 Å². The highest BCUT2D eigenvalue weighted by atomic mass is 79.9. The van der Waals surface area contributed by atoms with E-state index in [0.717, 1.165) is 21.3 Å². The third kappa shape index (κ3) is 2.96. The molecule has 2 aromatic heterocycles. The lowest BCUT2D eigenvalue weighted by atomic mass is 10.2. The van der Waals surface area contributed by atoms with E-state index >= 15 is 0 Å². The number of hydrogen-bond donors (Lipinski definition) is 0. The number of methoxy groups -OCH3 is 1. The van der Waals surface area contributed by atoms with E-state index in [1.807, 2.05) is 54.6 Å². The summed E-state index contributed by atoms with van der Waals surface area (Å²) in [7, 11) is 1.62. The van der Waals surface area contributed by atoms with Gasteiger partial charge in [0.05, 0.1) is 11.6 Å². The van der Waals surface area contributed by atoms with Crippen LogP contribution in [-0.4, -0.2) is 21.7 Å². The molecule has 0 unspecified atom stereocenters. The molecule has 0 saturated carbocycles. The van der Waals surface area contributed by atoms with Gasteiger partial charge >= 0.3 is 0 Å². The van der Waals surface area contributed by atoms with Gasteiger partial charge in [0.15, 0.2) is 5.82 Å². The monoisotopic (exact) mass is 413 g/mol. The molecule has 4 aromatic rings. The molecule has 2 heterocycles. The predicted octanol–water partition coefficient (Wildman–Crippen LogP) is 3.14. The topological polar surface area (TPSA) is 56.5 Å². The van der Waals surface area contributed by atoms with E-state index in [0.29, 0.717) is 15.3 Å². The van der Waals surface area contributed by atoms with Gasteiger partial charge < -0.3 is 4.74 Å². The molecule has 7 heteroatoms. The van der Waals surface area contributed by atoms with Crippen molar-refractivity contribution in [1.29, 1.82) is 0 Å². The number of rotatable bonds is 3. The maximum absolute atomic E-state index is 12.6. The van der Waals surface area contributed by atoms with Crippen LogP contribution in [0.1, 0.15) is 5.56 Å². The van der Waals surface area contributed by atoms with Crippen LogP contribution in [0.25, 0.3) is 22.4 Å². The van der Waals surface area contributed by atoms with Crippen LogP contribution < -0.4 is 14.8 Å². The lowest BCUT2D eigenvalue weighted by molar-refractivity contribution is 0.414. The van der Waals surface area contributed by atoms with Crippen molar-refractivity contribution in [3.63, 3.8) is 0 Å². The van der Waals surface area contributed by atoms with Crippen LogP contribution in [0, 0.1) is 0 Å². The lowest BCUT2D eigenvalue weighted by Crippen LogP contribution is -2.23. The zero-order valence-electron chi connectivity index (χ0n) is 13.1. The van der Waals surface area contributed by atoms with E-state index in [-0.39, 0.29) is 5.56 Å². The molecule has 0 N–H and O–H groups in total. The van der Waals surface area contributed by atoms with Crippen LogP contribution in [0.3, 0.4) is 0 Å². The number of benzene rings is 2. The maximum atomic E-state index is 12.6. The van der Waals surface area contributed by atoms with E-state index in [1.54, 1.807) is 7.11 Å². The summed E-state index contributed by atoms with van der Waals surface area (Å²) < 4.78 is 8.04. The van der Waals surface area contributed by atoms with Crippen molar-refractivity contribution in [2.24, 2.45) is 0 Å². The van der Waals surface area contributed by atoms with Crippen molar-refractivity contribution < 1.29 is 4.74 Å². The lowest BCUT2D eigenvalue weighted by Gasteiger charge is -1.99. The van der Waals surface area contributed by atoms with Crippen molar-refractivity contribution >= 4 is 38.3 Å². The first-order valence-electron chi connectivity index (χ1n) is 7.46. The third-order valence-corrected chi connectivity index (χ3v) is 5.34. The molecule has 0 aliphatic carbocycles. The Morgan fingerprint density at radius 1 is 1.20 bits per heavy atom. The van der Waals surface area contributed by atoms with E-state index in [4.69, 9.17) is 4.74 Å². The first-order valence-corrected chi connectivity index (χ1v) is 9.07. The maximum Gasteiger partial charge on any atom is 0.291 e. The van der Waals surface area contributed by atoms with E-state index < -0.39 is 0 Å². The quantitative estimate of drug-likeness (QED) is 0.517. The van der Waals surface area contributed by atoms with Gasteiger partial charge in [-0.1, -0.05) is 51.5 Å². The second-order valence-corrected chi connectivity index (χ2v) is 7.17. The van der Waals surface area contributed by atoms with Crippen molar-refractivity contribution in [2.75, 3.05) is 7.11 Å². The molecular weight excluding hydrogens is 402 g/mol. The van der Waals surface area contributed by atoms with Crippen molar-refractivity contribution in [3.05, 3.63) is 73.5 Å². The summed E-state index contributed by atoms with van der Waals surface area (Å²) in [6, 6.07) is 15.2. The van der Waals surface area contributed by atoms with E-state index in [2.05, 4.69) is 26.0 Å². The number of ether oxygens (including phenoxy) is 1. The summed E-state index contributed by atoms with van der Waals surface area (Å²) in [4.78, 5) is 17.7. The number of aromatic nitrogens is 3.